The van der Waals surface area contributed by atoms with E-state index in [-0.39, 0.29) is 17.6 Å². The molecule has 3 saturated heterocycles. The Balaban J connectivity index is 1.50. The monoisotopic (exact) mass is 315 g/mol. The van der Waals surface area contributed by atoms with Gasteiger partial charge in [-0.25, -0.2) is 0 Å². The van der Waals surface area contributed by atoms with Gasteiger partial charge in [-0.15, -0.1) is 0 Å². The van der Waals surface area contributed by atoms with Gasteiger partial charge in [-0.05, 0) is 19.0 Å². The van der Waals surface area contributed by atoms with E-state index >= 15 is 0 Å². The Morgan fingerprint density at radius 2 is 1.96 bits per heavy atom. The number of hydrogen-bond acceptors (Lipinski definition) is 4. The first-order valence-electron chi connectivity index (χ1n) is 8.51. The molecule has 3 fully saturated rings. The lowest BCUT2D eigenvalue weighted by Crippen LogP contribution is -2.77. The molecule has 5 nitrogen and oxygen atoms in total. The number of benzene rings is 1. The number of hydrogen-bond donors (Lipinski definition) is 1. The highest BCUT2D eigenvalue weighted by Crippen LogP contribution is 2.38. The van der Waals surface area contributed by atoms with E-state index in [2.05, 4.69) is 16.8 Å². The Bertz CT molecular complexity index is 585. The van der Waals surface area contributed by atoms with E-state index in [1.165, 1.54) is 0 Å². The number of aliphatic hydroxyl groups is 1. The van der Waals surface area contributed by atoms with Gasteiger partial charge in [0.15, 0.2) is 0 Å². The van der Waals surface area contributed by atoms with Crippen molar-refractivity contribution >= 4 is 5.91 Å². The normalized spacial score (nSPS) is 30.3. The molecule has 2 unspecified atom stereocenters. The summed E-state index contributed by atoms with van der Waals surface area (Å²) in [4.78, 5) is 19.6. The van der Waals surface area contributed by atoms with Crippen molar-refractivity contribution in [1.82, 2.24) is 14.7 Å². The van der Waals surface area contributed by atoms with Crippen LogP contribution in [0.1, 0.15) is 12.0 Å². The molecule has 1 aromatic carbocycles. The topological polar surface area (TPSA) is 47.0 Å². The third-order valence-corrected chi connectivity index (χ3v) is 5.60. The first kappa shape index (κ1) is 15.1. The minimum Gasteiger partial charge on any atom is -0.392 e. The van der Waals surface area contributed by atoms with Crippen molar-refractivity contribution in [3.8, 4) is 0 Å². The number of rotatable bonds is 2. The van der Waals surface area contributed by atoms with Crippen molar-refractivity contribution in [1.29, 1.82) is 0 Å². The molecular formula is C18H25N3O2. The average molecular weight is 315 g/mol. The van der Waals surface area contributed by atoms with Gasteiger partial charge in [0.1, 0.15) is 0 Å². The first-order valence-corrected chi connectivity index (χ1v) is 8.51. The summed E-state index contributed by atoms with van der Waals surface area (Å²) in [5.74, 6) is 0.214. The van der Waals surface area contributed by atoms with Gasteiger partial charge in [0.2, 0.25) is 5.91 Å². The zero-order valence-corrected chi connectivity index (χ0v) is 13.7. The Labute approximate surface area is 137 Å². The number of carbonyl (C=O) groups is 1. The number of piperazine rings is 1. The van der Waals surface area contributed by atoms with E-state index in [0.29, 0.717) is 12.5 Å². The number of fused-ring (bicyclic) bond motifs is 2. The molecule has 3 aliphatic heterocycles. The molecule has 2 atom stereocenters. The van der Waals surface area contributed by atoms with Crippen molar-refractivity contribution in [2.75, 3.05) is 39.8 Å². The van der Waals surface area contributed by atoms with Crippen LogP contribution in [0.5, 0.6) is 0 Å². The van der Waals surface area contributed by atoms with E-state index in [0.717, 1.165) is 44.7 Å². The van der Waals surface area contributed by atoms with Gasteiger partial charge in [0.05, 0.1) is 18.1 Å². The number of aliphatic hydroxyl groups excluding tert-OH is 1. The van der Waals surface area contributed by atoms with Crippen LogP contribution in [-0.2, 0) is 11.2 Å². The number of amides is 1. The van der Waals surface area contributed by atoms with Crippen LogP contribution in [0, 0.1) is 0 Å². The minimum absolute atomic E-state index is 0.0570. The minimum atomic E-state index is -0.244. The molecule has 3 aliphatic rings. The molecule has 0 aromatic heterocycles. The lowest BCUT2D eigenvalue weighted by Gasteiger charge is -2.60. The number of likely N-dealkylation sites (N-methyl/N-ethyl adjacent to an activating group) is 1. The van der Waals surface area contributed by atoms with Crippen molar-refractivity contribution in [2.45, 2.75) is 30.5 Å². The summed E-state index contributed by atoms with van der Waals surface area (Å²) >= 11 is 0. The molecule has 0 bridgehead atoms. The van der Waals surface area contributed by atoms with Crippen LogP contribution >= 0.6 is 0 Å². The van der Waals surface area contributed by atoms with Gasteiger partial charge in [-0.3, -0.25) is 9.69 Å². The Morgan fingerprint density at radius 3 is 2.65 bits per heavy atom. The fraction of sp³-hybridized carbons (Fsp3) is 0.611. The van der Waals surface area contributed by atoms with Gasteiger partial charge in [-0.2, -0.15) is 0 Å². The predicted octanol–water partition coefficient (Wildman–Crippen LogP) is 0.191. The standard InChI is InChI=1S/C18H25N3O2/c1-19-11-18(12-19)13-20(9-15-8-16(22)10-21(15)18)17(23)7-14-5-3-2-4-6-14/h2-6,15-16,22H,7-13H2,1H3. The highest BCUT2D eigenvalue weighted by atomic mass is 16.3. The largest absolute Gasteiger partial charge is 0.392 e. The Morgan fingerprint density at radius 1 is 1.22 bits per heavy atom. The van der Waals surface area contributed by atoms with E-state index < -0.39 is 0 Å². The zero-order chi connectivity index (χ0) is 16.0. The van der Waals surface area contributed by atoms with E-state index in [1.54, 1.807) is 0 Å². The van der Waals surface area contributed by atoms with Crippen LogP contribution in [0.4, 0.5) is 0 Å². The maximum absolute atomic E-state index is 12.8. The summed E-state index contributed by atoms with van der Waals surface area (Å²) in [6.07, 6.45) is 1.02. The fourth-order valence-electron chi connectivity index (χ4n) is 4.72. The van der Waals surface area contributed by atoms with E-state index in [9.17, 15) is 9.90 Å². The molecule has 0 radical (unpaired) electrons. The van der Waals surface area contributed by atoms with Crippen molar-refractivity contribution in [3.63, 3.8) is 0 Å². The number of likely N-dealkylation sites (tertiary alicyclic amines) is 1. The third-order valence-electron chi connectivity index (χ3n) is 5.60. The van der Waals surface area contributed by atoms with Gasteiger partial charge in [-0.1, -0.05) is 30.3 Å². The third kappa shape index (κ3) is 2.67. The number of nitrogens with zero attached hydrogens (tertiary/aromatic N) is 3. The quantitative estimate of drug-likeness (QED) is 0.846. The SMILES string of the molecule is CN1CC2(C1)CN(C(=O)Cc1ccccc1)CC1CC(O)CN12. The van der Waals surface area contributed by atoms with Gasteiger partial charge in [0, 0.05) is 38.8 Å². The molecule has 4 rings (SSSR count). The highest BCUT2D eigenvalue weighted by molar-refractivity contribution is 5.79. The predicted molar refractivity (Wildman–Crippen MR) is 88.1 cm³/mol. The van der Waals surface area contributed by atoms with Gasteiger partial charge < -0.3 is 14.9 Å². The fourth-order valence-corrected chi connectivity index (χ4v) is 4.72. The number of carbonyl (C=O) groups excluding carboxylic acids is 1. The lowest BCUT2D eigenvalue weighted by molar-refractivity contribution is -0.147. The second-order valence-corrected chi connectivity index (χ2v) is 7.53. The van der Waals surface area contributed by atoms with Crippen LogP contribution in [-0.4, -0.2) is 83.2 Å². The molecule has 3 heterocycles. The van der Waals surface area contributed by atoms with Crippen molar-refractivity contribution in [3.05, 3.63) is 35.9 Å². The Kier molecular flexibility index (Phi) is 3.67. The Hall–Kier alpha value is -1.43. The van der Waals surface area contributed by atoms with E-state index in [1.807, 2.05) is 35.2 Å². The molecule has 1 spiro atoms. The van der Waals surface area contributed by atoms with Crippen LogP contribution in [0.15, 0.2) is 30.3 Å². The first-order chi connectivity index (χ1) is 11.1. The molecule has 5 heteroatoms. The summed E-state index contributed by atoms with van der Waals surface area (Å²) in [7, 11) is 2.12. The van der Waals surface area contributed by atoms with Crippen molar-refractivity contribution < 1.29 is 9.90 Å². The van der Waals surface area contributed by atoms with Crippen LogP contribution < -0.4 is 0 Å². The molecule has 1 aromatic rings. The molecule has 23 heavy (non-hydrogen) atoms. The second kappa shape index (κ2) is 5.58. The number of β-amino-alcohol motifs (C(OH)–C–C–N with tert-alkyl or cyclic N) is 1. The van der Waals surface area contributed by atoms with Crippen LogP contribution in [0.25, 0.3) is 0 Å². The smallest absolute Gasteiger partial charge is 0.227 e. The maximum atomic E-state index is 12.8. The molecule has 124 valence electrons. The molecular weight excluding hydrogens is 290 g/mol. The highest BCUT2D eigenvalue weighted by Gasteiger charge is 2.55. The summed E-state index contributed by atoms with van der Waals surface area (Å²) in [6.45, 7) is 4.30. The maximum Gasteiger partial charge on any atom is 0.227 e. The zero-order valence-electron chi connectivity index (χ0n) is 13.7. The molecule has 0 saturated carbocycles. The lowest BCUT2D eigenvalue weighted by atomic mass is 9.84. The summed E-state index contributed by atoms with van der Waals surface area (Å²) in [6, 6.07) is 10.3. The van der Waals surface area contributed by atoms with Crippen LogP contribution in [0.3, 0.4) is 0 Å². The average Bonchev–Trinajstić information content (AvgIpc) is 2.87. The molecule has 1 N–H and O–H groups in total. The molecule has 0 aliphatic carbocycles. The van der Waals surface area contributed by atoms with Crippen LogP contribution in [0.2, 0.25) is 0 Å². The summed E-state index contributed by atoms with van der Waals surface area (Å²) < 4.78 is 0. The second-order valence-electron chi connectivity index (χ2n) is 7.53. The van der Waals surface area contributed by atoms with Gasteiger partial charge >= 0.3 is 0 Å². The van der Waals surface area contributed by atoms with Gasteiger partial charge in [0.25, 0.3) is 0 Å². The van der Waals surface area contributed by atoms with E-state index in [4.69, 9.17) is 0 Å². The van der Waals surface area contributed by atoms with Crippen molar-refractivity contribution in [2.24, 2.45) is 0 Å². The summed E-state index contributed by atoms with van der Waals surface area (Å²) in [5.41, 5.74) is 1.13. The summed E-state index contributed by atoms with van der Waals surface area (Å²) in [5, 5.41) is 10.1. The molecule has 1 amide bonds.